The summed E-state index contributed by atoms with van der Waals surface area (Å²) in [5.41, 5.74) is 12.6. The van der Waals surface area contributed by atoms with E-state index >= 15 is 8.78 Å². The second kappa shape index (κ2) is 19.1. The van der Waals surface area contributed by atoms with Crippen LogP contribution in [0.3, 0.4) is 0 Å². The van der Waals surface area contributed by atoms with E-state index in [-0.39, 0.29) is 34.1 Å². The minimum Gasteiger partial charge on any atom is -0.307 e. The Morgan fingerprint density at radius 2 is 0.658 bits per heavy atom. The first-order valence-electron chi connectivity index (χ1n) is 30.4. The molecule has 0 amide bonds. The summed E-state index contributed by atoms with van der Waals surface area (Å²) < 4.78 is 129. The van der Waals surface area contributed by atoms with E-state index in [1.54, 1.807) is 24.3 Å². The molecule has 0 atom stereocenters. The smallest absolute Gasteiger partial charge is 0.147 e. The molecule has 0 spiro atoms. The molecule has 0 heterocycles. The van der Waals surface area contributed by atoms with E-state index in [4.69, 9.17) is 8.22 Å². The van der Waals surface area contributed by atoms with Crippen LogP contribution >= 0.6 is 0 Å². The van der Waals surface area contributed by atoms with Gasteiger partial charge in [0.05, 0.1) is 36.5 Å². The van der Waals surface area contributed by atoms with Crippen LogP contribution in [-0.2, 0) is 0 Å². The summed E-state index contributed by atoms with van der Waals surface area (Å²) in [6.07, 6.45) is 0. The van der Waals surface area contributed by atoms with Gasteiger partial charge >= 0.3 is 0 Å². The number of anilines is 6. The van der Waals surface area contributed by atoms with Crippen molar-refractivity contribution in [2.45, 2.75) is 55.4 Å². The molecule has 0 unspecified atom stereocenters. The van der Waals surface area contributed by atoms with Crippen LogP contribution in [0.25, 0.3) is 76.8 Å². The maximum atomic E-state index is 18.1. The normalized spacial score (nSPS) is 13.4. The molecule has 0 aromatic heterocycles. The topological polar surface area (TPSA) is 6.48 Å². The quantitative estimate of drug-likeness (QED) is 0.126. The molecule has 0 fully saturated rings. The van der Waals surface area contributed by atoms with Crippen LogP contribution < -0.4 is 9.80 Å². The zero-order valence-electron chi connectivity index (χ0n) is 53.5. The molecule has 0 saturated carbocycles. The number of hydrogen-bond donors (Lipinski definition) is 0. The molecule has 0 N–H and O–H groups in total. The summed E-state index contributed by atoms with van der Waals surface area (Å²) in [4.78, 5) is 2.92. The Morgan fingerprint density at radius 3 is 1.01 bits per heavy atom. The van der Waals surface area contributed by atoms with Crippen LogP contribution in [0.4, 0.5) is 42.9 Å². The molecule has 4 heteroatoms. The van der Waals surface area contributed by atoms with Gasteiger partial charge in [0.2, 0.25) is 0 Å². The fourth-order valence-electron chi connectivity index (χ4n) is 10.8. The van der Waals surface area contributed by atoms with Crippen molar-refractivity contribution in [1.82, 2.24) is 0 Å². The first kappa shape index (κ1) is 37.8. The Labute approximate surface area is 459 Å². The first-order chi connectivity index (χ1) is 41.0. The number of hydrogen-bond acceptors (Lipinski definition) is 2. The molecule has 12 aromatic carbocycles. The van der Waals surface area contributed by atoms with E-state index in [0.29, 0.717) is 65.7 Å². The standard InChI is InChI=1S/C72H58F2N2/c1-43-19-23-53(39-47(43)5)59-33-35-63(73)71(69(59)55-25-21-45(3)49(7)41-55)75(57-15-11-9-12-16-57)65-37-29-51-28-32-62-66(38-30-52-27-31-61(65)67(51)68(52)62)76(58-17-13-10-14-18-58)72-64(74)36-34-60(54-24-20-44(2)48(6)40-54)70(72)56-26-22-46(4)50(8)42-56/h9-42H,1-8H3/i9D,10D,11D,12D,13D,14D,15D,16D,17D,18D. The minimum absolute atomic E-state index is 0.0661. The SMILES string of the molecule is [2H]c1c([2H])c([2H])c(N(c2c(F)ccc(-c3ccc(C)c(C)c3)c2-c2ccc(C)c(C)c2)c2ccc3ccc4c(N(c5c([2H])c([2H])c([2H])c([2H])c5[2H])c5c(F)ccc(-c6ccc(C)c(C)c6)c5-c5ccc(C)c(C)c5)ccc5ccc2c3c54)c([2H])c1[2H]. The van der Waals surface area contributed by atoms with E-state index in [9.17, 15) is 5.48 Å². The van der Waals surface area contributed by atoms with Gasteiger partial charge < -0.3 is 9.80 Å². The van der Waals surface area contributed by atoms with Crippen LogP contribution in [0.2, 0.25) is 0 Å². The molecule has 0 bridgehead atoms. The zero-order chi connectivity index (χ0) is 61.2. The van der Waals surface area contributed by atoms with Gasteiger partial charge in [-0.3, -0.25) is 0 Å². The molecule has 370 valence electrons. The molecule has 2 nitrogen and oxygen atoms in total. The molecular weight excluding hydrogens is 931 g/mol. The van der Waals surface area contributed by atoms with Crippen LogP contribution in [0.5, 0.6) is 0 Å². The molecule has 12 rings (SSSR count). The van der Waals surface area contributed by atoms with Crippen molar-refractivity contribution in [3.05, 3.63) is 262 Å². The van der Waals surface area contributed by atoms with E-state index < -0.39 is 72.1 Å². The highest BCUT2D eigenvalue weighted by molar-refractivity contribution is 6.28. The van der Waals surface area contributed by atoms with Crippen LogP contribution in [0, 0.1) is 67.0 Å². The van der Waals surface area contributed by atoms with Crippen molar-refractivity contribution >= 4 is 66.4 Å². The molecule has 0 radical (unpaired) electrons. The molecule has 0 saturated heterocycles. The van der Waals surface area contributed by atoms with Gasteiger partial charge in [0.15, 0.2) is 0 Å². The zero-order valence-corrected chi connectivity index (χ0v) is 43.5. The highest BCUT2D eigenvalue weighted by Crippen LogP contribution is 2.53. The lowest BCUT2D eigenvalue weighted by atomic mass is 9.88. The average molecular weight is 999 g/mol. The van der Waals surface area contributed by atoms with Crippen LogP contribution in [0.1, 0.15) is 58.2 Å². The maximum Gasteiger partial charge on any atom is 0.147 e. The van der Waals surface area contributed by atoms with Crippen molar-refractivity contribution < 1.29 is 22.5 Å². The maximum absolute atomic E-state index is 18.1. The fourth-order valence-corrected chi connectivity index (χ4v) is 10.8. The lowest BCUT2D eigenvalue weighted by molar-refractivity contribution is 0.629. The first-order valence-corrected chi connectivity index (χ1v) is 25.4. The number of rotatable bonds is 10. The van der Waals surface area contributed by atoms with Crippen LogP contribution in [-0.4, -0.2) is 0 Å². The Bertz CT molecular complexity index is 4500. The summed E-state index contributed by atoms with van der Waals surface area (Å²) >= 11 is 0. The van der Waals surface area contributed by atoms with E-state index in [1.165, 1.54) is 21.9 Å². The second-order valence-corrected chi connectivity index (χ2v) is 20.0. The summed E-state index contributed by atoms with van der Waals surface area (Å²) in [5, 5.41) is 3.59. The summed E-state index contributed by atoms with van der Waals surface area (Å²) in [7, 11) is 0. The molecule has 0 aliphatic rings. The van der Waals surface area contributed by atoms with Gasteiger partial charge in [-0.05, 0) is 203 Å². The van der Waals surface area contributed by atoms with Gasteiger partial charge in [0.25, 0.3) is 0 Å². The third-order valence-corrected chi connectivity index (χ3v) is 15.5. The third-order valence-electron chi connectivity index (χ3n) is 15.5. The highest BCUT2D eigenvalue weighted by Gasteiger charge is 2.30. The summed E-state index contributed by atoms with van der Waals surface area (Å²) in [6, 6.07) is 38.5. The molecule has 0 aliphatic carbocycles. The van der Waals surface area contributed by atoms with Crippen molar-refractivity contribution in [2.75, 3.05) is 9.80 Å². The van der Waals surface area contributed by atoms with Gasteiger partial charge in [-0.2, -0.15) is 0 Å². The number of benzene rings is 12. The molecule has 76 heavy (non-hydrogen) atoms. The minimum atomic E-state index is -0.732. The number of para-hydroxylation sites is 2. The monoisotopic (exact) mass is 999 g/mol. The Kier molecular flexibility index (Phi) is 9.51. The lowest BCUT2D eigenvalue weighted by Gasteiger charge is -2.32. The fraction of sp³-hybridized carbons (Fsp3) is 0.111. The predicted octanol–water partition coefficient (Wildman–Crippen LogP) is 20.9. The van der Waals surface area contributed by atoms with E-state index in [1.807, 2.05) is 165 Å². The Morgan fingerprint density at radius 1 is 0.329 bits per heavy atom. The van der Waals surface area contributed by atoms with E-state index in [0.717, 1.165) is 55.6 Å². The highest BCUT2D eigenvalue weighted by atomic mass is 19.1. The van der Waals surface area contributed by atoms with Gasteiger partial charge in [0.1, 0.15) is 11.6 Å². The predicted molar refractivity (Wildman–Crippen MR) is 319 cm³/mol. The van der Waals surface area contributed by atoms with Crippen molar-refractivity contribution in [1.29, 1.82) is 0 Å². The lowest BCUT2D eigenvalue weighted by Crippen LogP contribution is -2.15. The number of halogens is 2. The molecule has 0 aliphatic heterocycles. The van der Waals surface area contributed by atoms with Crippen molar-refractivity contribution in [3.63, 3.8) is 0 Å². The van der Waals surface area contributed by atoms with Gasteiger partial charge in [-0.15, -0.1) is 0 Å². The van der Waals surface area contributed by atoms with Crippen molar-refractivity contribution in [3.8, 4) is 44.5 Å². The average Bonchev–Trinajstić information content (AvgIpc) is 0.793. The Balaban J connectivity index is 1.23. The number of aryl methyl sites for hydroxylation is 8. The second-order valence-electron chi connectivity index (χ2n) is 20.0. The summed E-state index contributed by atoms with van der Waals surface area (Å²) in [5.74, 6) is -1.46. The van der Waals surface area contributed by atoms with Gasteiger partial charge in [0, 0.05) is 33.3 Å². The number of nitrogens with zero attached hydrogens (tertiary/aromatic N) is 2. The van der Waals surface area contributed by atoms with Gasteiger partial charge in [-0.25, -0.2) is 8.78 Å². The molecular formula is C72H58F2N2. The molecule has 12 aromatic rings. The van der Waals surface area contributed by atoms with Gasteiger partial charge in [-0.1, -0.05) is 158 Å². The van der Waals surface area contributed by atoms with Crippen molar-refractivity contribution in [2.24, 2.45) is 0 Å². The third kappa shape index (κ3) is 8.17. The Hall–Kier alpha value is -8.86. The van der Waals surface area contributed by atoms with Crippen LogP contribution in [0.15, 0.2) is 206 Å². The summed E-state index contributed by atoms with van der Waals surface area (Å²) in [6.45, 7) is 15.9. The van der Waals surface area contributed by atoms with E-state index in [2.05, 4.69) is 0 Å². The largest absolute Gasteiger partial charge is 0.307 e.